The largest absolute Gasteiger partial charge is 0.348 e. The Kier molecular flexibility index (Phi) is 2.09. The van der Waals surface area contributed by atoms with E-state index in [0.717, 1.165) is 5.69 Å². The molecular formula is C10H15NO. The van der Waals surface area contributed by atoms with Gasteiger partial charge in [-0.1, -0.05) is 20.8 Å². The highest BCUT2D eigenvalue weighted by atomic mass is 16.1. The maximum absolute atomic E-state index is 11.7. The molecule has 1 aromatic heterocycles. The van der Waals surface area contributed by atoms with Crippen molar-refractivity contribution in [3.05, 3.63) is 24.0 Å². The first-order chi connectivity index (χ1) is 5.43. The summed E-state index contributed by atoms with van der Waals surface area (Å²) >= 11 is 0. The van der Waals surface area contributed by atoms with E-state index in [0.29, 0.717) is 0 Å². The quantitative estimate of drug-likeness (QED) is 0.585. The van der Waals surface area contributed by atoms with Crippen molar-refractivity contribution in [2.45, 2.75) is 20.8 Å². The summed E-state index contributed by atoms with van der Waals surface area (Å²) in [6.45, 7) is 5.80. The van der Waals surface area contributed by atoms with Gasteiger partial charge in [-0.3, -0.25) is 4.79 Å². The van der Waals surface area contributed by atoms with Gasteiger partial charge >= 0.3 is 0 Å². The van der Waals surface area contributed by atoms with Crippen LogP contribution in [0.5, 0.6) is 0 Å². The summed E-state index contributed by atoms with van der Waals surface area (Å²) in [5.41, 5.74) is 0.494. The SMILES string of the molecule is Cn1cccc1C(=O)C(C)(C)C. The zero-order valence-corrected chi connectivity index (χ0v) is 8.09. The van der Waals surface area contributed by atoms with Crippen molar-refractivity contribution >= 4 is 5.78 Å². The Balaban J connectivity index is 3.01. The topological polar surface area (TPSA) is 22.0 Å². The van der Waals surface area contributed by atoms with Crippen molar-refractivity contribution in [3.8, 4) is 0 Å². The Bertz CT molecular complexity index is 291. The fraction of sp³-hybridized carbons (Fsp3) is 0.500. The van der Waals surface area contributed by atoms with Gasteiger partial charge in [0.25, 0.3) is 0 Å². The monoisotopic (exact) mass is 165 g/mol. The average molecular weight is 165 g/mol. The summed E-state index contributed by atoms with van der Waals surface area (Å²) in [5.74, 6) is 0.190. The van der Waals surface area contributed by atoms with E-state index < -0.39 is 0 Å². The van der Waals surface area contributed by atoms with Gasteiger partial charge in [-0.25, -0.2) is 0 Å². The van der Waals surface area contributed by atoms with Crippen molar-refractivity contribution in [3.63, 3.8) is 0 Å². The van der Waals surface area contributed by atoms with E-state index in [9.17, 15) is 4.79 Å². The number of aryl methyl sites for hydroxylation is 1. The smallest absolute Gasteiger partial charge is 0.184 e. The standard InChI is InChI=1S/C10H15NO/c1-10(2,3)9(12)8-6-5-7-11(8)4/h5-7H,1-4H3. The number of ketones is 1. The highest BCUT2D eigenvalue weighted by Gasteiger charge is 2.24. The Morgan fingerprint density at radius 2 is 2.00 bits per heavy atom. The van der Waals surface area contributed by atoms with Crippen LogP contribution in [-0.2, 0) is 7.05 Å². The number of carbonyl (C=O) groups excluding carboxylic acids is 1. The highest BCUT2D eigenvalue weighted by molar-refractivity contribution is 5.98. The van der Waals surface area contributed by atoms with Crippen LogP contribution in [0.1, 0.15) is 31.3 Å². The van der Waals surface area contributed by atoms with Gasteiger partial charge in [0.2, 0.25) is 0 Å². The lowest BCUT2D eigenvalue weighted by molar-refractivity contribution is 0.0849. The zero-order valence-electron chi connectivity index (χ0n) is 8.09. The molecule has 0 aliphatic heterocycles. The molecule has 12 heavy (non-hydrogen) atoms. The number of hydrogen-bond acceptors (Lipinski definition) is 1. The summed E-state index contributed by atoms with van der Waals surface area (Å²) in [5, 5.41) is 0. The Morgan fingerprint density at radius 3 is 2.33 bits per heavy atom. The maximum atomic E-state index is 11.7. The summed E-state index contributed by atoms with van der Waals surface area (Å²) in [6.07, 6.45) is 1.89. The molecule has 66 valence electrons. The van der Waals surface area contributed by atoms with Crippen LogP contribution in [-0.4, -0.2) is 10.4 Å². The summed E-state index contributed by atoms with van der Waals surface area (Å²) in [6, 6.07) is 3.74. The molecule has 0 aliphatic rings. The molecule has 1 aromatic rings. The third kappa shape index (κ3) is 1.58. The minimum absolute atomic E-state index is 0.190. The van der Waals surface area contributed by atoms with Gasteiger partial charge in [-0.05, 0) is 12.1 Å². The normalized spacial score (nSPS) is 11.7. The van der Waals surface area contributed by atoms with E-state index in [-0.39, 0.29) is 11.2 Å². The molecule has 0 spiro atoms. The van der Waals surface area contributed by atoms with E-state index in [1.54, 1.807) is 0 Å². The lowest BCUT2D eigenvalue weighted by Crippen LogP contribution is -2.22. The number of hydrogen-bond donors (Lipinski definition) is 0. The molecule has 0 aliphatic carbocycles. The minimum Gasteiger partial charge on any atom is -0.348 e. The molecule has 2 nitrogen and oxygen atoms in total. The molecule has 1 rings (SSSR count). The minimum atomic E-state index is -0.286. The van der Waals surface area contributed by atoms with E-state index in [1.165, 1.54) is 0 Å². The van der Waals surface area contributed by atoms with Crippen molar-refractivity contribution in [1.29, 1.82) is 0 Å². The summed E-state index contributed by atoms with van der Waals surface area (Å²) < 4.78 is 1.85. The molecule has 0 fully saturated rings. The molecule has 0 bridgehead atoms. The lowest BCUT2D eigenvalue weighted by Gasteiger charge is -2.16. The van der Waals surface area contributed by atoms with Gasteiger partial charge < -0.3 is 4.57 Å². The number of nitrogens with zero attached hydrogens (tertiary/aromatic N) is 1. The van der Waals surface area contributed by atoms with Gasteiger partial charge in [-0.2, -0.15) is 0 Å². The van der Waals surface area contributed by atoms with Crippen LogP contribution in [0.15, 0.2) is 18.3 Å². The second-order valence-electron chi connectivity index (χ2n) is 4.08. The Hall–Kier alpha value is -1.05. The van der Waals surface area contributed by atoms with Crippen LogP contribution in [0, 0.1) is 5.41 Å². The average Bonchev–Trinajstić information content (AvgIpc) is 2.31. The van der Waals surface area contributed by atoms with E-state index in [2.05, 4.69) is 0 Å². The predicted molar refractivity (Wildman–Crippen MR) is 49.2 cm³/mol. The third-order valence-corrected chi connectivity index (χ3v) is 1.86. The van der Waals surface area contributed by atoms with Crippen LogP contribution in [0.3, 0.4) is 0 Å². The fourth-order valence-corrected chi connectivity index (χ4v) is 1.08. The lowest BCUT2D eigenvalue weighted by atomic mass is 9.89. The van der Waals surface area contributed by atoms with Crippen LogP contribution in [0.25, 0.3) is 0 Å². The summed E-state index contributed by atoms with van der Waals surface area (Å²) in [7, 11) is 1.89. The van der Waals surface area contributed by atoms with Crippen molar-refractivity contribution in [2.75, 3.05) is 0 Å². The first kappa shape index (κ1) is 9.04. The number of aromatic nitrogens is 1. The molecule has 0 saturated heterocycles. The molecule has 0 aromatic carbocycles. The zero-order chi connectivity index (χ0) is 9.35. The summed E-state index contributed by atoms with van der Waals surface area (Å²) in [4.78, 5) is 11.7. The van der Waals surface area contributed by atoms with E-state index in [1.807, 2.05) is 50.7 Å². The molecule has 0 atom stereocenters. The molecule has 0 unspecified atom stereocenters. The fourth-order valence-electron chi connectivity index (χ4n) is 1.08. The first-order valence-corrected chi connectivity index (χ1v) is 4.09. The molecule has 0 amide bonds. The van der Waals surface area contributed by atoms with E-state index >= 15 is 0 Å². The number of Topliss-reactive ketones (excluding diaryl/α,β-unsaturated/α-hetero) is 1. The third-order valence-electron chi connectivity index (χ3n) is 1.86. The molecule has 2 heteroatoms. The van der Waals surface area contributed by atoms with Crippen molar-refractivity contribution < 1.29 is 4.79 Å². The van der Waals surface area contributed by atoms with Gasteiger partial charge in [0.05, 0.1) is 5.69 Å². The van der Waals surface area contributed by atoms with Crippen LogP contribution in [0.2, 0.25) is 0 Å². The van der Waals surface area contributed by atoms with Gasteiger partial charge in [0, 0.05) is 18.7 Å². The number of carbonyl (C=O) groups is 1. The van der Waals surface area contributed by atoms with E-state index in [4.69, 9.17) is 0 Å². The molecular weight excluding hydrogens is 150 g/mol. The van der Waals surface area contributed by atoms with Gasteiger partial charge in [-0.15, -0.1) is 0 Å². The molecule has 0 N–H and O–H groups in total. The Labute approximate surface area is 73.2 Å². The first-order valence-electron chi connectivity index (χ1n) is 4.09. The Morgan fingerprint density at radius 1 is 1.42 bits per heavy atom. The van der Waals surface area contributed by atoms with Gasteiger partial charge in [0.15, 0.2) is 5.78 Å². The highest BCUT2D eigenvalue weighted by Crippen LogP contribution is 2.20. The predicted octanol–water partition coefficient (Wildman–Crippen LogP) is 2.25. The van der Waals surface area contributed by atoms with Crippen molar-refractivity contribution in [1.82, 2.24) is 4.57 Å². The van der Waals surface area contributed by atoms with Crippen LogP contribution in [0.4, 0.5) is 0 Å². The second-order valence-corrected chi connectivity index (χ2v) is 4.08. The van der Waals surface area contributed by atoms with Crippen LogP contribution >= 0.6 is 0 Å². The molecule has 0 radical (unpaired) electrons. The second kappa shape index (κ2) is 2.77. The maximum Gasteiger partial charge on any atom is 0.184 e. The molecule has 0 saturated carbocycles. The van der Waals surface area contributed by atoms with Crippen molar-refractivity contribution in [2.24, 2.45) is 12.5 Å². The number of rotatable bonds is 1. The van der Waals surface area contributed by atoms with Gasteiger partial charge in [0.1, 0.15) is 0 Å². The molecule has 1 heterocycles. The van der Waals surface area contributed by atoms with Crippen LogP contribution < -0.4 is 0 Å².